The van der Waals surface area contributed by atoms with E-state index in [0.29, 0.717) is 22.8 Å². The van der Waals surface area contributed by atoms with Crippen molar-refractivity contribution in [3.05, 3.63) is 47.3 Å². The van der Waals surface area contributed by atoms with Crippen LogP contribution in [0.25, 0.3) is 0 Å². The van der Waals surface area contributed by atoms with Crippen LogP contribution in [0, 0.1) is 40.3 Å². The van der Waals surface area contributed by atoms with Crippen molar-refractivity contribution >= 4 is 0 Å². The molecule has 5 rings (SSSR count). The first-order valence-electron chi connectivity index (χ1n) is 13.1. The minimum Gasteiger partial charge on any atom is -0.393 e. The van der Waals surface area contributed by atoms with Gasteiger partial charge in [-0.15, -0.1) is 0 Å². The molecule has 1 aromatic rings. The maximum Gasteiger partial charge on any atom is 0.128 e. The van der Waals surface area contributed by atoms with Gasteiger partial charge >= 0.3 is 0 Å². The highest BCUT2D eigenvalue weighted by molar-refractivity contribution is 5.25. The molecular formula is C29H41FO2. The Morgan fingerprint density at radius 3 is 2.69 bits per heavy atom. The molecule has 1 aromatic carbocycles. The molecule has 0 radical (unpaired) electrons. The fourth-order valence-electron chi connectivity index (χ4n) is 8.68. The first-order valence-corrected chi connectivity index (χ1v) is 13.1. The van der Waals surface area contributed by atoms with E-state index >= 15 is 0 Å². The third-order valence-corrected chi connectivity index (χ3v) is 10.6. The van der Waals surface area contributed by atoms with Crippen LogP contribution in [0.3, 0.4) is 0 Å². The Hall–Kier alpha value is -1.19. The number of halogens is 1. The topological polar surface area (TPSA) is 40.5 Å². The lowest BCUT2D eigenvalue weighted by molar-refractivity contribution is -0.0511. The van der Waals surface area contributed by atoms with E-state index in [1.165, 1.54) is 38.2 Å². The number of aliphatic hydroxyl groups excluding tert-OH is 2. The molecule has 0 spiro atoms. The zero-order valence-electron chi connectivity index (χ0n) is 19.9. The van der Waals surface area contributed by atoms with Gasteiger partial charge in [0.25, 0.3) is 0 Å². The van der Waals surface area contributed by atoms with Gasteiger partial charge in [-0.2, -0.15) is 0 Å². The molecule has 8 unspecified atom stereocenters. The quantitative estimate of drug-likeness (QED) is 0.485. The molecule has 0 bridgehead atoms. The number of benzene rings is 1. The molecule has 0 saturated heterocycles. The summed E-state index contributed by atoms with van der Waals surface area (Å²) in [6.45, 7) is 5.06. The van der Waals surface area contributed by atoms with Gasteiger partial charge in [-0.25, -0.2) is 4.39 Å². The van der Waals surface area contributed by atoms with Crippen molar-refractivity contribution in [2.75, 3.05) is 0 Å². The number of fused-ring (bicyclic) bond motifs is 5. The van der Waals surface area contributed by atoms with Gasteiger partial charge in [0.2, 0.25) is 0 Å². The van der Waals surface area contributed by atoms with Crippen molar-refractivity contribution in [3.63, 3.8) is 0 Å². The van der Waals surface area contributed by atoms with Crippen LogP contribution in [0.15, 0.2) is 35.9 Å². The summed E-state index contributed by atoms with van der Waals surface area (Å²) >= 11 is 0. The number of rotatable bonds is 5. The largest absolute Gasteiger partial charge is 0.393 e. The second-order valence-corrected chi connectivity index (χ2v) is 11.9. The van der Waals surface area contributed by atoms with Crippen molar-refractivity contribution in [3.8, 4) is 0 Å². The van der Waals surface area contributed by atoms with E-state index < -0.39 is 6.10 Å². The number of aliphatic hydroxyl groups is 2. The average molecular weight is 441 g/mol. The van der Waals surface area contributed by atoms with Crippen LogP contribution in [0.4, 0.5) is 4.39 Å². The Morgan fingerprint density at radius 2 is 1.88 bits per heavy atom. The van der Waals surface area contributed by atoms with Gasteiger partial charge in [-0.05, 0) is 105 Å². The van der Waals surface area contributed by atoms with E-state index in [2.05, 4.69) is 19.9 Å². The van der Waals surface area contributed by atoms with E-state index in [1.54, 1.807) is 23.8 Å². The fourth-order valence-corrected chi connectivity index (χ4v) is 8.68. The minimum atomic E-state index is -0.694. The second-order valence-electron chi connectivity index (χ2n) is 11.9. The van der Waals surface area contributed by atoms with Gasteiger partial charge in [0.15, 0.2) is 0 Å². The normalized spacial score (nSPS) is 41.9. The summed E-state index contributed by atoms with van der Waals surface area (Å²) in [7, 11) is 0. The van der Waals surface area contributed by atoms with Crippen LogP contribution >= 0.6 is 0 Å². The third kappa shape index (κ3) is 3.68. The second kappa shape index (κ2) is 8.55. The summed E-state index contributed by atoms with van der Waals surface area (Å²) in [6, 6.07) is 6.64. The molecule has 0 aliphatic heterocycles. The van der Waals surface area contributed by atoms with E-state index in [-0.39, 0.29) is 11.9 Å². The first kappa shape index (κ1) is 22.6. The van der Waals surface area contributed by atoms with Gasteiger partial charge in [0.05, 0.1) is 12.2 Å². The summed E-state index contributed by atoms with van der Waals surface area (Å²) in [5.41, 5.74) is 2.72. The maximum atomic E-state index is 14.0. The van der Waals surface area contributed by atoms with Crippen molar-refractivity contribution in [1.82, 2.24) is 0 Å². The molecule has 3 fully saturated rings. The smallest absolute Gasteiger partial charge is 0.128 e. The van der Waals surface area contributed by atoms with Crippen LogP contribution in [0.2, 0.25) is 0 Å². The van der Waals surface area contributed by atoms with Crippen molar-refractivity contribution in [2.24, 2.45) is 34.5 Å². The number of hydrogen-bond acceptors (Lipinski definition) is 2. The summed E-state index contributed by atoms with van der Waals surface area (Å²) in [5, 5.41) is 20.7. The molecule has 0 aromatic heterocycles. The fraction of sp³-hybridized carbons (Fsp3) is 0.724. The summed E-state index contributed by atoms with van der Waals surface area (Å²) in [6.07, 6.45) is 14.0. The zero-order valence-corrected chi connectivity index (χ0v) is 19.9. The highest BCUT2D eigenvalue weighted by Gasteiger charge is 2.58. The van der Waals surface area contributed by atoms with Crippen LogP contribution in [-0.4, -0.2) is 16.3 Å². The van der Waals surface area contributed by atoms with Crippen LogP contribution in [0.1, 0.15) is 96.1 Å². The molecular weight excluding hydrogens is 399 g/mol. The predicted molar refractivity (Wildman–Crippen MR) is 126 cm³/mol. The van der Waals surface area contributed by atoms with Crippen molar-refractivity contribution in [1.29, 1.82) is 0 Å². The SMILES string of the molecule is CC12CCC(O)CC1=CCC1C2CCC2(C)C(CCCC(O)c3ccccc3F)CCC12. The van der Waals surface area contributed by atoms with E-state index in [4.69, 9.17) is 0 Å². The van der Waals surface area contributed by atoms with E-state index in [0.717, 1.165) is 55.8 Å². The van der Waals surface area contributed by atoms with Gasteiger partial charge in [-0.1, -0.05) is 50.1 Å². The van der Waals surface area contributed by atoms with Crippen LogP contribution in [-0.2, 0) is 0 Å². The summed E-state index contributed by atoms with van der Waals surface area (Å²) < 4.78 is 14.0. The Morgan fingerprint density at radius 1 is 1.06 bits per heavy atom. The van der Waals surface area contributed by atoms with Gasteiger partial charge in [-0.3, -0.25) is 0 Å². The van der Waals surface area contributed by atoms with Crippen molar-refractivity contribution < 1.29 is 14.6 Å². The Kier molecular flexibility index (Phi) is 6.03. The molecule has 0 amide bonds. The lowest BCUT2D eigenvalue weighted by atomic mass is 9.47. The average Bonchev–Trinajstić information content (AvgIpc) is 3.11. The minimum absolute atomic E-state index is 0.129. The highest BCUT2D eigenvalue weighted by atomic mass is 19.1. The van der Waals surface area contributed by atoms with Crippen LogP contribution < -0.4 is 0 Å². The molecule has 2 nitrogen and oxygen atoms in total. The molecule has 3 saturated carbocycles. The summed E-state index contributed by atoms with van der Waals surface area (Å²) in [5.74, 6) is 2.83. The molecule has 0 heterocycles. The van der Waals surface area contributed by atoms with Crippen molar-refractivity contribution in [2.45, 2.75) is 96.7 Å². The molecule has 2 N–H and O–H groups in total. The maximum absolute atomic E-state index is 14.0. The molecule has 176 valence electrons. The zero-order chi connectivity index (χ0) is 22.5. The Bertz CT molecular complexity index is 864. The van der Waals surface area contributed by atoms with Gasteiger partial charge < -0.3 is 10.2 Å². The van der Waals surface area contributed by atoms with Crippen LogP contribution in [0.5, 0.6) is 0 Å². The number of hydrogen-bond donors (Lipinski definition) is 2. The Balaban J connectivity index is 1.24. The Labute approximate surface area is 193 Å². The van der Waals surface area contributed by atoms with E-state index in [9.17, 15) is 14.6 Å². The van der Waals surface area contributed by atoms with E-state index in [1.807, 2.05) is 0 Å². The van der Waals surface area contributed by atoms with Gasteiger partial charge in [0, 0.05) is 5.56 Å². The molecule has 8 atom stereocenters. The molecule has 4 aliphatic rings. The molecule has 3 heteroatoms. The predicted octanol–water partition coefficient (Wildman–Crippen LogP) is 6.97. The highest BCUT2D eigenvalue weighted by Crippen LogP contribution is 2.66. The lowest BCUT2D eigenvalue weighted by Crippen LogP contribution is -2.50. The monoisotopic (exact) mass is 440 g/mol. The lowest BCUT2D eigenvalue weighted by Gasteiger charge is -2.58. The number of allylic oxidation sites excluding steroid dienone is 1. The molecule has 4 aliphatic carbocycles. The standard InChI is InChI=1S/C29H41FO2/c1-28-17-15-25-22(12-10-20-18-21(31)14-16-29(20,25)2)24(28)13-11-19(28)6-5-9-27(32)23-7-3-4-8-26(23)30/h3-4,7-8,10,19,21-22,24-25,27,31-32H,5-6,9,11-18H2,1-2H3. The summed E-state index contributed by atoms with van der Waals surface area (Å²) in [4.78, 5) is 0. The first-order chi connectivity index (χ1) is 15.3. The third-order valence-electron chi connectivity index (χ3n) is 10.6. The molecule has 32 heavy (non-hydrogen) atoms. The van der Waals surface area contributed by atoms with Gasteiger partial charge in [0.1, 0.15) is 5.82 Å².